The smallest absolute Gasteiger partial charge is 0.333 e. The van der Waals surface area contributed by atoms with E-state index in [2.05, 4.69) is 31.4 Å². The summed E-state index contributed by atoms with van der Waals surface area (Å²) in [6.07, 6.45) is 31.2. The van der Waals surface area contributed by atoms with Crippen molar-refractivity contribution >= 4 is 17.9 Å². The SMILES string of the molecule is C=C(C)C(=O)OCCCCCCCCCCCCCCCCCC.C=CC(=O)OCC.C=CC(=O)OCC1CC2C3CCC(C3)C2C1. The lowest BCUT2D eigenvalue weighted by Crippen LogP contribution is -2.15. The van der Waals surface area contributed by atoms with Gasteiger partial charge in [0, 0.05) is 17.7 Å². The Balaban J connectivity index is 0.000000407. The highest BCUT2D eigenvalue weighted by atomic mass is 16.5. The second kappa shape index (κ2) is 27.6. The van der Waals surface area contributed by atoms with Gasteiger partial charge in [-0.1, -0.05) is 123 Å². The molecule has 4 atom stereocenters. The standard InChI is InChI=1S/C22H42O2.C14H20O2.C5H8O2/c1-4-5-6-7-8-9-10-11-12-13-14-15-16-17-18-19-20-24-22(23)21(2)3;1-2-14(15)16-8-9-5-12-10-3-4-11(7-10)13(12)6-9;1-3-5(6)7-4-2/h2,4-20H2,1,3H3;2,9-13H,1,3-8H2;3H,1,4H2,2H3. The lowest BCUT2D eigenvalue weighted by atomic mass is 9.82. The Labute approximate surface area is 288 Å². The maximum atomic E-state index is 11.2. The second-order valence-corrected chi connectivity index (χ2v) is 14.0. The van der Waals surface area contributed by atoms with Crippen LogP contribution in [0.2, 0.25) is 0 Å². The van der Waals surface area contributed by atoms with E-state index >= 15 is 0 Å². The van der Waals surface area contributed by atoms with Crippen LogP contribution in [0.3, 0.4) is 0 Å². The summed E-state index contributed by atoms with van der Waals surface area (Å²) in [6.45, 7) is 17.5. The fourth-order valence-electron chi connectivity index (χ4n) is 7.66. The molecule has 0 heterocycles. The van der Waals surface area contributed by atoms with Crippen LogP contribution >= 0.6 is 0 Å². The molecule has 0 amide bonds. The summed E-state index contributed by atoms with van der Waals surface area (Å²) >= 11 is 0. The van der Waals surface area contributed by atoms with E-state index in [1.54, 1.807) is 13.8 Å². The number of hydrogen-bond donors (Lipinski definition) is 0. The maximum Gasteiger partial charge on any atom is 0.333 e. The highest BCUT2D eigenvalue weighted by Gasteiger charge is 2.51. The van der Waals surface area contributed by atoms with Crippen molar-refractivity contribution in [3.8, 4) is 0 Å². The van der Waals surface area contributed by atoms with E-state index in [4.69, 9.17) is 9.47 Å². The Morgan fingerprint density at radius 1 is 0.617 bits per heavy atom. The molecule has 47 heavy (non-hydrogen) atoms. The third kappa shape index (κ3) is 19.9. The lowest BCUT2D eigenvalue weighted by molar-refractivity contribution is -0.139. The van der Waals surface area contributed by atoms with Gasteiger partial charge in [-0.05, 0) is 82.0 Å². The molecule has 0 N–H and O–H groups in total. The third-order valence-corrected chi connectivity index (χ3v) is 10.1. The van der Waals surface area contributed by atoms with Gasteiger partial charge in [-0.2, -0.15) is 0 Å². The minimum atomic E-state index is -0.359. The minimum absolute atomic E-state index is 0.254. The molecule has 2 bridgehead atoms. The van der Waals surface area contributed by atoms with Gasteiger partial charge in [0.1, 0.15) is 0 Å². The van der Waals surface area contributed by atoms with Crippen LogP contribution in [0.1, 0.15) is 156 Å². The molecule has 4 unspecified atom stereocenters. The number of fused-ring (bicyclic) bond motifs is 5. The normalized spacial score (nSPS) is 21.7. The molecule has 3 saturated carbocycles. The first kappa shape index (κ1) is 42.7. The highest BCUT2D eigenvalue weighted by Crippen LogP contribution is 2.60. The van der Waals surface area contributed by atoms with Gasteiger partial charge in [0.15, 0.2) is 0 Å². The van der Waals surface area contributed by atoms with E-state index in [0.717, 1.165) is 36.2 Å². The third-order valence-electron chi connectivity index (χ3n) is 10.1. The number of hydrogen-bond acceptors (Lipinski definition) is 6. The van der Waals surface area contributed by atoms with E-state index in [1.165, 1.54) is 134 Å². The summed E-state index contributed by atoms with van der Waals surface area (Å²) in [5, 5.41) is 0. The zero-order valence-corrected chi connectivity index (χ0v) is 30.6. The predicted molar refractivity (Wildman–Crippen MR) is 194 cm³/mol. The average Bonchev–Trinajstić information content (AvgIpc) is 3.80. The van der Waals surface area contributed by atoms with Gasteiger partial charge in [0.05, 0.1) is 19.8 Å². The van der Waals surface area contributed by atoms with Crippen molar-refractivity contribution in [2.45, 2.75) is 156 Å². The molecule has 3 aliphatic carbocycles. The first-order chi connectivity index (χ1) is 22.8. The van der Waals surface area contributed by atoms with Gasteiger partial charge in [-0.25, -0.2) is 14.4 Å². The Bertz CT molecular complexity index is 876. The van der Waals surface area contributed by atoms with E-state index < -0.39 is 0 Å². The maximum absolute atomic E-state index is 11.2. The molecule has 3 aliphatic rings. The van der Waals surface area contributed by atoms with Gasteiger partial charge >= 0.3 is 17.9 Å². The molecule has 3 rings (SSSR count). The number of carbonyl (C=O) groups excluding carboxylic acids is 3. The van der Waals surface area contributed by atoms with Crippen molar-refractivity contribution in [1.29, 1.82) is 0 Å². The molecular weight excluding hydrogens is 588 g/mol. The van der Waals surface area contributed by atoms with E-state index in [0.29, 0.717) is 31.3 Å². The minimum Gasteiger partial charge on any atom is -0.463 e. The van der Waals surface area contributed by atoms with Gasteiger partial charge in [0.2, 0.25) is 0 Å². The summed E-state index contributed by atoms with van der Waals surface area (Å²) < 4.78 is 14.7. The second-order valence-electron chi connectivity index (χ2n) is 14.0. The number of unbranched alkanes of at least 4 members (excludes halogenated alkanes) is 15. The summed E-state index contributed by atoms with van der Waals surface area (Å²) in [4.78, 5) is 32.3. The monoisotopic (exact) mass is 659 g/mol. The van der Waals surface area contributed by atoms with Crippen LogP contribution in [0.5, 0.6) is 0 Å². The van der Waals surface area contributed by atoms with Gasteiger partial charge in [-0.3, -0.25) is 0 Å². The summed E-state index contributed by atoms with van der Waals surface area (Å²) in [5.74, 6) is 3.70. The highest BCUT2D eigenvalue weighted by molar-refractivity contribution is 5.86. The summed E-state index contributed by atoms with van der Waals surface area (Å²) in [7, 11) is 0. The molecule has 6 heteroatoms. The zero-order valence-electron chi connectivity index (χ0n) is 30.6. The quantitative estimate of drug-likeness (QED) is 0.0470. The van der Waals surface area contributed by atoms with Crippen LogP contribution in [0, 0.1) is 29.6 Å². The van der Waals surface area contributed by atoms with Crippen LogP contribution in [-0.4, -0.2) is 37.7 Å². The van der Waals surface area contributed by atoms with Gasteiger partial charge < -0.3 is 14.2 Å². The number of ether oxygens (including phenoxy) is 3. The van der Waals surface area contributed by atoms with Crippen molar-refractivity contribution in [1.82, 2.24) is 0 Å². The zero-order chi connectivity index (χ0) is 34.7. The Kier molecular flexibility index (Phi) is 25.0. The van der Waals surface area contributed by atoms with Crippen molar-refractivity contribution < 1.29 is 28.6 Å². The Morgan fingerprint density at radius 3 is 1.43 bits per heavy atom. The molecule has 3 fully saturated rings. The van der Waals surface area contributed by atoms with Crippen molar-refractivity contribution in [3.05, 3.63) is 37.5 Å². The molecule has 6 nitrogen and oxygen atoms in total. The summed E-state index contributed by atoms with van der Waals surface area (Å²) in [5.41, 5.74) is 0.492. The topological polar surface area (TPSA) is 78.9 Å². The van der Waals surface area contributed by atoms with Crippen molar-refractivity contribution in [2.75, 3.05) is 19.8 Å². The molecular formula is C41H70O6. The van der Waals surface area contributed by atoms with Crippen LogP contribution in [0.25, 0.3) is 0 Å². The summed E-state index contributed by atoms with van der Waals surface area (Å²) in [6, 6.07) is 0. The van der Waals surface area contributed by atoms with E-state index in [-0.39, 0.29) is 17.9 Å². The first-order valence-corrected chi connectivity index (χ1v) is 19.2. The molecule has 270 valence electrons. The molecule has 0 radical (unpaired) electrons. The lowest BCUT2D eigenvalue weighted by Gasteiger charge is -2.23. The van der Waals surface area contributed by atoms with E-state index in [1.807, 2.05) is 0 Å². The fourth-order valence-corrected chi connectivity index (χ4v) is 7.66. The fraction of sp³-hybridized carbons (Fsp3) is 0.780. The van der Waals surface area contributed by atoms with Crippen LogP contribution in [0.15, 0.2) is 37.5 Å². The van der Waals surface area contributed by atoms with Crippen LogP contribution < -0.4 is 0 Å². The van der Waals surface area contributed by atoms with Crippen molar-refractivity contribution in [2.24, 2.45) is 29.6 Å². The van der Waals surface area contributed by atoms with Crippen molar-refractivity contribution in [3.63, 3.8) is 0 Å². The molecule has 0 aromatic heterocycles. The molecule has 0 saturated heterocycles. The first-order valence-electron chi connectivity index (χ1n) is 19.2. The Morgan fingerprint density at radius 2 is 1.04 bits per heavy atom. The number of rotatable bonds is 23. The van der Waals surface area contributed by atoms with E-state index in [9.17, 15) is 14.4 Å². The largest absolute Gasteiger partial charge is 0.463 e. The average molecular weight is 659 g/mol. The number of esters is 3. The molecule has 0 aliphatic heterocycles. The van der Waals surface area contributed by atoms with Crippen LogP contribution in [0.4, 0.5) is 0 Å². The van der Waals surface area contributed by atoms with Crippen LogP contribution in [-0.2, 0) is 28.6 Å². The molecule has 0 spiro atoms. The van der Waals surface area contributed by atoms with Gasteiger partial charge in [0.25, 0.3) is 0 Å². The number of carbonyl (C=O) groups is 3. The Hall–Kier alpha value is -2.37. The predicted octanol–water partition coefficient (Wildman–Crippen LogP) is 10.9. The van der Waals surface area contributed by atoms with Gasteiger partial charge in [-0.15, -0.1) is 0 Å². The molecule has 0 aromatic rings. The molecule has 0 aromatic carbocycles.